The lowest BCUT2D eigenvalue weighted by Gasteiger charge is -2.14. The predicted molar refractivity (Wildman–Crippen MR) is 70.5 cm³/mol. The quantitative estimate of drug-likeness (QED) is 0.879. The number of hydrogen-bond acceptors (Lipinski definition) is 3. The van der Waals surface area contributed by atoms with Crippen LogP contribution in [0.15, 0.2) is 28.7 Å². The van der Waals surface area contributed by atoms with Gasteiger partial charge in [0, 0.05) is 25.3 Å². The minimum atomic E-state index is 0.245. The molecule has 0 fully saturated rings. The molecule has 0 bridgehead atoms. The Morgan fingerprint density at radius 1 is 1.33 bits per heavy atom. The summed E-state index contributed by atoms with van der Waals surface area (Å²) in [6.07, 6.45) is 3.55. The average molecular weight is 242 g/mol. The molecule has 0 amide bonds. The normalized spacial score (nSPS) is 18.7. The smallest absolute Gasteiger partial charge is 0.199 e. The van der Waals surface area contributed by atoms with Gasteiger partial charge in [-0.15, -0.1) is 0 Å². The zero-order valence-electron chi connectivity index (χ0n) is 10.6. The monoisotopic (exact) mass is 242 g/mol. The highest BCUT2D eigenvalue weighted by Crippen LogP contribution is 2.22. The van der Waals surface area contributed by atoms with E-state index in [1.807, 2.05) is 0 Å². The van der Waals surface area contributed by atoms with Gasteiger partial charge in [0.05, 0.1) is 5.69 Å². The van der Waals surface area contributed by atoms with Crippen LogP contribution in [-0.4, -0.2) is 11.0 Å². The van der Waals surface area contributed by atoms with Crippen LogP contribution >= 0.6 is 0 Å². The summed E-state index contributed by atoms with van der Waals surface area (Å²) in [4.78, 5) is 4.57. The Morgan fingerprint density at radius 2 is 2.11 bits per heavy atom. The number of hydrogen-bond donors (Lipinski definition) is 1. The van der Waals surface area contributed by atoms with Crippen LogP contribution in [0.2, 0.25) is 0 Å². The van der Waals surface area contributed by atoms with Crippen molar-refractivity contribution in [3.8, 4) is 0 Å². The molecule has 3 heteroatoms. The van der Waals surface area contributed by atoms with E-state index in [9.17, 15) is 0 Å². The summed E-state index contributed by atoms with van der Waals surface area (Å²) in [6.45, 7) is 2.09. The van der Waals surface area contributed by atoms with Gasteiger partial charge in [-0.05, 0) is 18.9 Å². The largest absolute Gasteiger partial charge is 0.445 e. The van der Waals surface area contributed by atoms with Gasteiger partial charge in [-0.1, -0.05) is 29.8 Å². The minimum Gasteiger partial charge on any atom is -0.445 e. The highest BCUT2D eigenvalue weighted by molar-refractivity contribution is 5.24. The second-order valence-electron chi connectivity index (χ2n) is 5.14. The molecule has 1 aliphatic rings. The molecule has 3 rings (SSSR count). The highest BCUT2D eigenvalue weighted by Gasteiger charge is 2.21. The molecule has 0 saturated carbocycles. The first kappa shape index (κ1) is 11.5. The molecule has 0 aliphatic heterocycles. The molecular formula is C15H18N2O. The second-order valence-corrected chi connectivity index (χ2v) is 5.14. The van der Waals surface area contributed by atoms with Crippen molar-refractivity contribution in [2.45, 2.75) is 38.6 Å². The van der Waals surface area contributed by atoms with E-state index in [0.29, 0.717) is 0 Å². The first-order valence-electron chi connectivity index (χ1n) is 6.49. The molecule has 1 unspecified atom stereocenters. The lowest BCUT2D eigenvalue weighted by Crippen LogP contribution is -2.27. The molecule has 1 heterocycles. The van der Waals surface area contributed by atoms with Gasteiger partial charge in [-0.25, -0.2) is 4.98 Å². The molecule has 1 aliphatic carbocycles. The first-order chi connectivity index (χ1) is 8.70. The van der Waals surface area contributed by atoms with Crippen molar-refractivity contribution in [3.05, 3.63) is 52.7 Å². The third-order valence-corrected chi connectivity index (χ3v) is 3.50. The lowest BCUT2D eigenvalue weighted by molar-refractivity contribution is 0.433. The third kappa shape index (κ3) is 2.31. The fourth-order valence-corrected chi connectivity index (χ4v) is 2.41. The maximum Gasteiger partial charge on any atom is 0.199 e. The van der Waals surface area contributed by atoms with E-state index in [-0.39, 0.29) is 6.04 Å². The molecule has 18 heavy (non-hydrogen) atoms. The van der Waals surface area contributed by atoms with Crippen LogP contribution in [0.5, 0.6) is 0 Å². The molecule has 2 N–H and O–H groups in total. The first-order valence-corrected chi connectivity index (χ1v) is 6.49. The summed E-state index contributed by atoms with van der Waals surface area (Å²) in [6, 6.07) is 8.74. The van der Waals surface area contributed by atoms with Crippen molar-refractivity contribution in [2.75, 3.05) is 0 Å². The van der Waals surface area contributed by atoms with Crippen molar-refractivity contribution in [1.29, 1.82) is 0 Å². The van der Waals surface area contributed by atoms with Crippen LogP contribution < -0.4 is 5.73 Å². The van der Waals surface area contributed by atoms with Crippen LogP contribution in [0.3, 0.4) is 0 Å². The number of nitrogens with zero attached hydrogens (tertiary/aromatic N) is 1. The Morgan fingerprint density at radius 3 is 2.89 bits per heavy atom. The summed E-state index contributed by atoms with van der Waals surface area (Å²) >= 11 is 0. The van der Waals surface area contributed by atoms with Crippen LogP contribution in [0.25, 0.3) is 0 Å². The lowest BCUT2D eigenvalue weighted by atomic mass is 9.98. The maximum atomic E-state index is 5.95. The number of aromatic nitrogens is 1. The van der Waals surface area contributed by atoms with Gasteiger partial charge in [0.1, 0.15) is 5.76 Å². The third-order valence-electron chi connectivity index (χ3n) is 3.50. The van der Waals surface area contributed by atoms with Gasteiger partial charge in [-0.2, -0.15) is 0 Å². The van der Waals surface area contributed by atoms with Crippen LogP contribution in [0.4, 0.5) is 0 Å². The van der Waals surface area contributed by atoms with Gasteiger partial charge in [0.15, 0.2) is 5.89 Å². The van der Waals surface area contributed by atoms with Gasteiger partial charge >= 0.3 is 0 Å². The van der Waals surface area contributed by atoms with E-state index in [0.717, 1.165) is 43.0 Å². The van der Waals surface area contributed by atoms with E-state index in [1.165, 1.54) is 11.1 Å². The Balaban J connectivity index is 1.79. The van der Waals surface area contributed by atoms with Crippen molar-refractivity contribution in [1.82, 2.24) is 4.98 Å². The molecule has 1 aromatic heterocycles. The number of benzene rings is 1. The molecular weight excluding hydrogens is 224 g/mol. The maximum absolute atomic E-state index is 5.95. The second kappa shape index (κ2) is 4.58. The van der Waals surface area contributed by atoms with E-state index in [4.69, 9.17) is 10.2 Å². The van der Waals surface area contributed by atoms with Gasteiger partial charge < -0.3 is 10.2 Å². The number of rotatable bonds is 2. The average Bonchev–Trinajstić information content (AvgIpc) is 2.73. The fourth-order valence-electron chi connectivity index (χ4n) is 2.41. The minimum absolute atomic E-state index is 0.245. The molecule has 0 spiro atoms. The van der Waals surface area contributed by atoms with Crippen LogP contribution in [-0.2, 0) is 19.3 Å². The van der Waals surface area contributed by atoms with Crippen molar-refractivity contribution < 1.29 is 4.42 Å². The van der Waals surface area contributed by atoms with E-state index >= 15 is 0 Å². The number of oxazole rings is 1. The molecule has 0 saturated heterocycles. The predicted octanol–water partition coefficient (Wildman–Crippen LogP) is 2.39. The van der Waals surface area contributed by atoms with Gasteiger partial charge in [-0.3, -0.25) is 0 Å². The molecule has 0 radical (unpaired) electrons. The van der Waals surface area contributed by atoms with Crippen LogP contribution in [0, 0.1) is 6.92 Å². The van der Waals surface area contributed by atoms with E-state index in [2.05, 4.69) is 36.2 Å². The number of nitrogens with two attached hydrogens (primary N) is 1. The zero-order valence-corrected chi connectivity index (χ0v) is 10.6. The van der Waals surface area contributed by atoms with E-state index in [1.54, 1.807) is 0 Å². The Hall–Kier alpha value is -1.61. The SMILES string of the molecule is Cc1ccc(Cc2nc3c(o2)CCC(N)C3)cc1. The number of aryl methyl sites for hydroxylation is 2. The summed E-state index contributed by atoms with van der Waals surface area (Å²) in [5.74, 6) is 1.86. The molecule has 1 aromatic carbocycles. The highest BCUT2D eigenvalue weighted by atomic mass is 16.4. The fraction of sp³-hybridized carbons (Fsp3) is 0.400. The molecule has 94 valence electrons. The Labute approximate surface area is 107 Å². The number of fused-ring (bicyclic) bond motifs is 1. The van der Waals surface area contributed by atoms with Crippen molar-refractivity contribution in [3.63, 3.8) is 0 Å². The summed E-state index contributed by atoms with van der Waals surface area (Å²) in [7, 11) is 0. The molecule has 1 atom stereocenters. The Bertz CT molecular complexity index is 542. The summed E-state index contributed by atoms with van der Waals surface area (Å²) in [5, 5.41) is 0. The Kier molecular flexibility index (Phi) is 2.92. The van der Waals surface area contributed by atoms with E-state index < -0.39 is 0 Å². The van der Waals surface area contributed by atoms with Crippen molar-refractivity contribution in [2.24, 2.45) is 5.73 Å². The van der Waals surface area contributed by atoms with Crippen LogP contribution in [0.1, 0.15) is 34.9 Å². The molecule has 3 nitrogen and oxygen atoms in total. The van der Waals surface area contributed by atoms with Gasteiger partial charge in [0.25, 0.3) is 0 Å². The summed E-state index contributed by atoms with van der Waals surface area (Å²) in [5.41, 5.74) is 9.53. The summed E-state index contributed by atoms with van der Waals surface area (Å²) < 4.78 is 5.82. The zero-order chi connectivity index (χ0) is 12.5. The van der Waals surface area contributed by atoms with Gasteiger partial charge in [0.2, 0.25) is 0 Å². The van der Waals surface area contributed by atoms with Crippen molar-refractivity contribution >= 4 is 0 Å². The topological polar surface area (TPSA) is 52.0 Å². The molecule has 2 aromatic rings. The standard InChI is InChI=1S/C15H18N2O/c1-10-2-4-11(5-3-10)8-15-17-13-9-12(16)6-7-14(13)18-15/h2-5,12H,6-9,16H2,1H3.